The molecule has 1 aliphatic rings. The Labute approximate surface area is 127 Å². The first-order chi connectivity index (χ1) is 10.5. The summed E-state index contributed by atoms with van der Waals surface area (Å²) in [6, 6.07) is 6.76. The van der Waals surface area contributed by atoms with Crippen molar-refractivity contribution in [3.05, 3.63) is 42.4 Å². The zero-order valence-corrected chi connectivity index (χ0v) is 12.1. The van der Waals surface area contributed by atoms with Crippen LogP contribution in [0.3, 0.4) is 0 Å². The molecule has 22 heavy (non-hydrogen) atoms. The number of carbonyl (C=O) groups is 2. The third-order valence-electron chi connectivity index (χ3n) is 4.08. The van der Waals surface area contributed by atoms with Gasteiger partial charge in [-0.15, -0.1) is 0 Å². The maximum absolute atomic E-state index is 12.3. The van der Waals surface area contributed by atoms with Crippen molar-refractivity contribution in [2.45, 2.75) is 25.3 Å². The van der Waals surface area contributed by atoms with Gasteiger partial charge in [0.25, 0.3) is 5.91 Å². The van der Waals surface area contributed by atoms with Crippen LogP contribution in [-0.2, 0) is 4.79 Å². The van der Waals surface area contributed by atoms with E-state index in [1.807, 2.05) is 0 Å². The van der Waals surface area contributed by atoms with Gasteiger partial charge < -0.3 is 14.8 Å². The molecule has 0 saturated heterocycles. The number of aromatic nitrogens is 1. The van der Waals surface area contributed by atoms with Gasteiger partial charge in [0.15, 0.2) is 12.2 Å². The standard InChI is InChI=1S/C16H16N2O4/c1-16(15(20)21,12-6-7-12)18-14(19)11-4-2-10(3-5-11)13-8-17-9-22-13/h2-5,8-9,12H,6-7H2,1H3,(H,18,19)(H,20,21)/t16-/m1/s1. The average molecular weight is 300 g/mol. The Hall–Kier alpha value is -2.63. The number of benzene rings is 1. The Bertz CT molecular complexity index is 689. The fourth-order valence-electron chi connectivity index (χ4n) is 2.44. The lowest BCUT2D eigenvalue weighted by molar-refractivity contribution is -0.144. The van der Waals surface area contributed by atoms with E-state index in [1.165, 1.54) is 6.39 Å². The highest BCUT2D eigenvalue weighted by molar-refractivity contribution is 5.98. The predicted molar refractivity (Wildman–Crippen MR) is 78.2 cm³/mol. The number of carboxylic acid groups (broad SMARTS) is 1. The van der Waals surface area contributed by atoms with Gasteiger partial charge in [-0.2, -0.15) is 0 Å². The zero-order valence-electron chi connectivity index (χ0n) is 12.1. The van der Waals surface area contributed by atoms with Gasteiger partial charge in [-0.3, -0.25) is 4.79 Å². The fraction of sp³-hybridized carbons (Fsp3) is 0.312. The predicted octanol–water partition coefficient (Wildman–Crippen LogP) is 2.32. The van der Waals surface area contributed by atoms with Crippen molar-refractivity contribution in [2.75, 3.05) is 0 Å². The van der Waals surface area contributed by atoms with Crippen molar-refractivity contribution < 1.29 is 19.1 Å². The van der Waals surface area contributed by atoms with Crippen LogP contribution in [0.1, 0.15) is 30.1 Å². The molecule has 2 aromatic rings. The summed E-state index contributed by atoms with van der Waals surface area (Å²) in [5.74, 6) is -0.773. The van der Waals surface area contributed by atoms with Gasteiger partial charge in [0.2, 0.25) is 0 Å². The van der Waals surface area contributed by atoms with Crippen molar-refractivity contribution in [3.63, 3.8) is 0 Å². The molecule has 6 heteroatoms. The van der Waals surface area contributed by atoms with Crippen LogP contribution in [0.5, 0.6) is 0 Å². The van der Waals surface area contributed by atoms with Crippen LogP contribution in [0.25, 0.3) is 11.3 Å². The summed E-state index contributed by atoms with van der Waals surface area (Å²) in [5.41, 5.74) is 0.00867. The number of oxazole rings is 1. The molecule has 3 rings (SSSR count). The van der Waals surface area contributed by atoms with Gasteiger partial charge in [0.05, 0.1) is 6.20 Å². The summed E-state index contributed by atoms with van der Waals surface area (Å²) in [6.45, 7) is 1.56. The molecule has 2 N–H and O–H groups in total. The molecule has 6 nitrogen and oxygen atoms in total. The quantitative estimate of drug-likeness (QED) is 0.884. The van der Waals surface area contributed by atoms with E-state index in [2.05, 4.69) is 10.3 Å². The Balaban J connectivity index is 1.76. The molecule has 0 spiro atoms. The third kappa shape index (κ3) is 2.59. The van der Waals surface area contributed by atoms with Crippen molar-refractivity contribution in [1.82, 2.24) is 10.3 Å². The Morgan fingerprint density at radius 3 is 2.50 bits per heavy atom. The summed E-state index contributed by atoms with van der Waals surface area (Å²) in [7, 11) is 0. The first-order valence-electron chi connectivity index (χ1n) is 7.05. The lowest BCUT2D eigenvalue weighted by atomic mass is 9.95. The Morgan fingerprint density at radius 2 is 2.00 bits per heavy atom. The maximum Gasteiger partial charge on any atom is 0.329 e. The highest BCUT2D eigenvalue weighted by Crippen LogP contribution is 2.39. The van der Waals surface area contributed by atoms with Crippen molar-refractivity contribution >= 4 is 11.9 Å². The minimum Gasteiger partial charge on any atom is -0.480 e. The zero-order chi connectivity index (χ0) is 15.7. The van der Waals surface area contributed by atoms with Gasteiger partial charge in [-0.25, -0.2) is 9.78 Å². The van der Waals surface area contributed by atoms with Crippen molar-refractivity contribution in [3.8, 4) is 11.3 Å². The van der Waals surface area contributed by atoms with Crippen LogP contribution in [0.2, 0.25) is 0 Å². The van der Waals surface area contributed by atoms with Crippen LogP contribution in [-0.4, -0.2) is 27.5 Å². The number of aliphatic carboxylic acids is 1. The molecule has 1 atom stereocenters. The number of amides is 1. The lowest BCUT2D eigenvalue weighted by Gasteiger charge is -2.26. The number of carbonyl (C=O) groups excluding carboxylic acids is 1. The topological polar surface area (TPSA) is 92.4 Å². The maximum atomic E-state index is 12.3. The van der Waals surface area contributed by atoms with Gasteiger partial charge in [0.1, 0.15) is 5.54 Å². The van der Waals surface area contributed by atoms with Crippen molar-refractivity contribution in [1.29, 1.82) is 0 Å². The second-order valence-electron chi connectivity index (χ2n) is 5.68. The van der Waals surface area contributed by atoms with Gasteiger partial charge in [-0.05, 0) is 37.8 Å². The van der Waals surface area contributed by atoms with E-state index < -0.39 is 11.5 Å². The minimum atomic E-state index is -1.21. The molecule has 1 fully saturated rings. The molecule has 0 radical (unpaired) electrons. The average Bonchev–Trinajstić information content (AvgIpc) is 3.23. The van der Waals surface area contributed by atoms with E-state index in [9.17, 15) is 14.7 Å². The molecular formula is C16H16N2O4. The number of rotatable bonds is 5. The molecule has 114 valence electrons. The molecule has 1 aromatic carbocycles. The highest BCUT2D eigenvalue weighted by atomic mass is 16.4. The second-order valence-corrected chi connectivity index (χ2v) is 5.68. The summed E-state index contributed by atoms with van der Waals surface area (Å²) in [5, 5.41) is 12.0. The normalized spacial score (nSPS) is 16.8. The summed E-state index contributed by atoms with van der Waals surface area (Å²) < 4.78 is 5.18. The lowest BCUT2D eigenvalue weighted by Crippen LogP contribution is -2.54. The van der Waals surface area contributed by atoms with Crippen LogP contribution in [0, 0.1) is 5.92 Å². The molecule has 1 amide bonds. The summed E-state index contributed by atoms with van der Waals surface area (Å²) in [4.78, 5) is 27.6. The molecule has 1 heterocycles. The molecule has 0 aliphatic heterocycles. The van der Waals surface area contributed by atoms with Crippen LogP contribution < -0.4 is 5.32 Å². The van der Waals surface area contributed by atoms with Gasteiger partial charge in [0, 0.05) is 11.1 Å². The van der Waals surface area contributed by atoms with Crippen LogP contribution in [0.4, 0.5) is 0 Å². The molecule has 0 bridgehead atoms. The summed E-state index contributed by atoms with van der Waals surface area (Å²) in [6.07, 6.45) is 4.58. The fourth-order valence-corrected chi connectivity index (χ4v) is 2.44. The van der Waals surface area contributed by atoms with Gasteiger partial charge in [-0.1, -0.05) is 12.1 Å². The number of nitrogens with one attached hydrogen (secondary N) is 1. The first kappa shape index (κ1) is 14.3. The largest absolute Gasteiger partial charge is 0.480 e. The highest BCUT2D eigenvalue weighted by Gasteiger charge is 2.48. The number of nitrogens with zero attached hydrogens (tertiary/aromatic N) is 1. The number of hydrogen-bond acceptors (Lipinski definition) is 4. The Morgan fingerprint density at radius 1 is 1.32 bits per heavy atom. The monoisotopic (exact) mass is 300 g/mol. The number of hydrogen-bond donors (Lipinski definition) is 2. The third-order valence-corrected chi connectivity index (χ3v) is 4.08. The molecule has 1 aromatic heterocycles. The van der Waals surface area contributed by atoms with Crippen LogP contribution >= 0.6 is 0 Å². The summed E-state index contributed by atoms with van der Waals surface area (Å²) >= 11 is 0. The second kappa shape index (κ2) is 5.29. The SMILES string of the molecule is C[C@](NC(=O)c1ccc(-c2cnco2)cc1)(C(=O)O)C1CC1. The molecule has 0 unspecified atom stereocenters. The van der Waals surface area contributed by atoms with Crippen molar-refractivity contribution in [2.24, 2.45) is 5.92 Å². The Kier molecular flexibility index (Phi) is 3.44. The number of carboxylic acids is 1. The smallest absolute Gasteiger partial charge is 0.329 e. The van der Waals surface area contributed by atoms with E-state index in [1.54, 1.807) is 37.4 Å². The first-order valence-corrected chi connectivity index (χ1v) is 7.05. The minimum absolute atomic E-state index is 0.00224. The van der Waals surface area contributed by atoms with E-state index in [-0.39, 0.29) is 11.8 Å². The molecule has 1 saturated carbocycles. The van der Waals surface area contributed by atoms with E-state index in [0.29, 0.717) is 11.3 Å². The van der Waals surface area contributed by atoms with Gasteiger partial charge >= 0.3 is 5.97 Å². The van der Waals surface area contributed by atoms with E-state index in [4.69, 9.17) is 4.42 Å². The van der Waals surface area contributed by atoms with Crippen LogP contribution in [0.15, 0.2) is 41.3 Å². The van der Waals surface area contributed by atoms with E-state index in [0.717, 1.165) is 18.4 Å². The molecular weight excluding hydrogens is 284 g/mol. The molecule has 1 aliphatic carbocycles. The van der Waals surface area contributed by atoms with E-state index >= 15 is 0 Å².